The number of unbranched alkanes of at least 4 members (excludes halogenated alkanes) is 2. The smallest absolute Gasteiger partial charge is 0.303 e. The van der Waals surface area contributed by atoms with Gasteiger partial charge in [0.1, 0.15) is 0 Å². The minimum Gasteiger partial charge on any atom is -0.481 e. The molecule has 4 N–H and O–H groups in total. The number of hydrogen-bond acceptors (Lipinski definition) is 3. The summed E-state index contributed by atoms with van der Waals surface area (Å²) in [5.74, 6) is -0.741. The van der Waals surface area contributed by atoms with Gasteiger partial charge in [0.2, 0.25) is 5.91 Å². The van der Waals surface area contributed by atoms with Crippen LogP contribution in [0.2, 0.25) is 0 Å². The zero-order valence-corrected chi connectivity index (χ0v) is 10.6. The number of carboxylic acids is 1. The highest BCUT2D eigenvalue weighted by atomic mass is 16.4. The zero-order chi connectivity index (χ0) is 13.1. The highest BCUT2D eigenvalue weighted by Gasteiger charge is 2.07. The number of amides is 1. The first-order chi connectivity index (χ1) is 8.06. The van der Waals surface area contributed by atoms with Crippen molar-refractivity contribution in [2.75, 3.05) is 6.54 Å². The maximum absolute atomic E-state index is 11.5. The molecular weight excluding hydrogens is 220 g/mol. The van der Waals surface area contributed by atoms with Crippen LogP contribution in [-0.4, -0.2) is 29.6 Å². The number of nitrogens with two attached hydrogens (primary N) is 1. The number of carbonyl (C=O) groups is 2. The summed E-state index contributed by atoms with van der Waals surface area (Å²) in [6, 6.07) is 0.0522. The van der Waals surface area contributed by atoms with Crippen LogP contribution >= 0.6 is 0 Å². The van der Waals surface area contributed by atoms with Gasteiger partial charge in [-0.1, -0.05) is 6.42 Å². The van der Waals surface area contributed by atoms with Crippen molar-refractivity contribution in [1.29, 1.82) is 0 Å². The molecule has 0 aliphatic carbocycles. The number of aliphatic carboxylic acids is 1. The van der Waals surface area contributed by atoms with Crippen LogP contribution in [0.15, 0.2) is 0 Å². The average Bonchev–Trinajstić information content (AvgIpc) is 2.23. The molecule has 0 rings (SSSR count). The Labute approximate surface area is 103 Å². The number of carboxylic acid groups (broad SMARTS) is 1. The minimum absolute atomic E-state index is 0.0462. The molecule has 0 spiro atoms. The Morgan fingerprint density at radius 3 is 2.47 bits per heavy atom. The maximum atomic E-state index is 11.5. The Morgan fingerprint density at radius 1 is 1.18 bits per heavy atom. The van der Waals surface area contributed by atoms with Crippen LogP contribution in [0.4, 0.5) is 0 Å². The van der Waals surface area contributed by atoms with Crippen molar-refractivity contribution in [2.45, 2.75) is 57.9 Å². The molecule has 1 atom stereocenters. The Bertz CT molecular complexity index is 232. The third-order valence-corrected chi connectivity index (χ3v) is 2.54. The van der Waals surface area contributed by atoms with E-state index in [0.717, 1.165) is 19.3 Å². The molecule has 5 heteroatoms. The van der Waals surface area contributed by atoms with Crippen LogP contribution in [0.3, 0.4) is 0 Å². The fourth-order valence-electron chi connectivity index (χ4n) is 1.59. The molecule has 0 heterocycles. The van der Waals surface area contributed by atoms with Gasteiger partial charge in [-0.05, 0) is 39.2 Å². The van der Waals surface area contributed by atoms with E-state index >= 15 is 0 Å². The molecule has 0 aliphatic rings. The second kappa shape index (κ2) is 10.1. The van der Waals surface area contributed by atoms with Gasteiger partial charge in [-0.25, -0.2) is 0 Å². The summed E-state index contributed by atoms with van der Waals surface area (Å²) in [5.41, 5.74) is 5.36. The SMILES string of the molecule is CC(CCCC(=O)O)NC(=O)CCCCCN. The molecule has 0 aromatic rings. The van der Waals surface area contributed by atoms with E-state index in [9.17, 15) is 9.59 Å². The van der Waals surface area contributed by atoms with E-state index < -0.39 is 5.97 Å². The molecule has 1 unspecified atom stereocenters. The fraction of sp³-hybridized carbons (Fsp3) is 0.833. The van der Waals surface area contributed by atoms with Gasteiger partial charge in [-0.15, -0.1) is 0 Å². The van der Waals surface area contributed by atoms with Gasteiger partial charge in [-0.2, -0.15) is 0 Å². The molecule has 0 aromatic heterocycles. The van der Waals surface area contributed by atoms with Gasteiger partial charge in [0.15, 0.2) is 0 Å². The first-order valence-electron chi connectivity index (χ1n) is 6.27. The van der Waals surface area contributed by atoms with Gasteiger partial charge in [0, 0.05) is 18.9 Å². The second-order valence-electron chi connectivity index (χ2n) is 4.35. The average molecular weight is 244 g/mol. The van der Waals surface area contributed by atoms with Gasteiger partial charge in [0.25, 0.3) is 0 Å². The zero-order valence-electron chi connectivity index (χ0n) is 10.6. The Balaban J connectivity index is 3.48. The predicted molar refractivity (Wildman–Crippen MR) is 66.6 cm³/mol. The monoisotopic (exact) mass is 244 g/mol. The lowest BCUT2D eigenvalue weighted by Crippen LogP contribution is -2.32. The standard InChI is InChI=1S/C12H24N2O3/c1-10(6-5-8-12(16)17)14-11(15)7-3-2-4-9-13/h10H,2-9,13H2,1H3,(H,14,15)(H,16,17). The van der Waals surface area contributed by atoms with Crippen molar-refractivity contribution >= 4 is 11.9 Å². The van der Waals surface area contributed by atoms with Crippen molar-refractivity contribution < 1.29 is 14.7 Å². The van der Waals surface area contributed by atoms with Gasteiger partial charge in [-0.3, -0.25) is 9.59 Å². The van der Waals surface area contributed by atoms with Gasteiger partial charge in [0.05, 0.1) is 0 Å². The fourth-order valence-corrected chi connectivity index (χ4v) is 1.59. The third-order valence-electron chi connectivity index (χ3n) is 2.54. The normalized spacial score (nSPS) is 12.1. The van der Waals surface area contributed by atoms with Crippen molar-refractivity contribution in [3.05, 3.63) is 0 Å². The van der Waals surface area contributed by atoms with Crippen LogP contribution < -0.4 is 11.1 Å². The summed E-state index contributed by atoms with van der Waals surface area (Å²) in [5, 5.41) is 11.3. The lowest BCUT2D eigenvalue weighted by atomic mass is 10.1. The first kappa shape index (κ1) is 15.9. The van der Waals surface area contributed by atoms with Crippen LogP contribution in [0, 0.1) is 0 Å². The van der Waals surface area contributed by atoms with Crippen LogP contribution in [0.25, 0.3) is 0 Å². The van der Waals surface area contributed by atoms with Crippen LogP contribution in [0.1, 0.15) is 51.9 Å². The van der Waals surface area contributed by atoms with E-state index in [1.54, 1.807) is 0 Å². The van der Waals surface area contributed by atoms with Gasteiger partial charge >= 0.3 is 5.97 Å². The maximum Gasteiger partial charge on any atom is 0.303 e. The molecule has 0 fully saturated rings. The highest BCUT2D eigenvalue weighted by Crippen LogP contribution is 2.03. The largest absolute Gasteiger partial charge is 0.481 e. The summed E-state index contributed by atoms with van der Waals surface area (Å²) in [6.45, 7) is 2.58. The van der Waals surface area contributed by atoms with E-state index in [1.807, 2.05) is 6.92 Å². The molecule has 0 saturated heterocycles. The topological polar surface area (TPSA) is 92.4 Å². The molecule has 5 nitrogen and oxygen atoms in total. The molecule has 100 valence electrons. The quantitative estimate of drug-likeness (QED) is 0.504. The van der Waals surface area contributed by atoms with Crippen LogP contribution in [0.5, 0.6) is 0 Å². The first-order valence-corrected chi connectivity index (χ1v) is 6.27. The number of hydrogen-bond donors (Lipinski definition) is 3. The molecule has 1 amide bonds. The van der Waals surface area contributed by atoms with E-state index in [-0.39, 0.29) is 18.4 Å². The summed E-state index contributed by atoms with van der Waals surface area (Å²) >= 11 is 0. The lowest BCUT2D eigenvalue weighted by molar-refractivity contribution is -0.137. The summed E-state index contributed by atoms with van der Waals surface area (Å²) in [6.07, 6.45) is 4.81. The van der Waals surface area contributed by atoms with Crippen molar-refractivity contribution in [2.24, 2.45) is 5.73 Å². The molecule has 0 aromatic carbocycles. The Morgan fingerprint density at radius 2 is 1.88 bits per heavy atom. The second-order valence-corrected chi connectivity index (χ2v) is 4.35. The Hall–Kier alpha value is -1.10. The van der Waals surface area contributed by atoms with E-state index in [2.05, 4.69) is 5.32 Å². The summed E-state index contributed by atoms with van der Waals surface area (Å²) in [7, 11) is 0. The van der Waals surface area contributed by atoms with E-state index in [4.69, 9.17) is 10.8 Å². The van der Waals surface area contributed by atoms with Crippen molar-refractivity contribution in [3.8, 4) is 0 Å². The van der Waals surface area contributed by atoms with E-state index in [0.29, 0.717) is 25.8 Å². The van der Waals surface area contributed by atoms with Gasteiger partial charge < -0.3 is 16.2 Å². The van der Waals surface area contributed by atoms with Crippen molar-refractivity contribution in [1.82, 2.24) is 5.32 Å². The molecular formula is C12H24N2O3. The lowest BCUT2D eigenvalue weighted by Gasteiger charge is -2.13. The van der Waals surface area contributed by atoms with Crippen LogP contribution in [-0.2, 0) is 9.59 Å². The highest BCUT2D eigenvalue weighted by molar-refractivity contribution is 5.76. The van der Waals surface area contributed by atoms with Crippen molar-refractivity contribution in [3.63, 3.8) is 0 Å². The Kier molecular flexibility index (Phi) is 9.43. The minimum atomic E-state index is -0.787. The predicted octanol–water partition coefficient (Wildman–Crippen LogP) is 1.27. The van der Waals surface area contributed by atoms with E-state index in [1.165, 1.54) is 0 Å². The number of rotatable bonds is 10. The molecule has 0 aliphatic heterocycles. The number of carbonyl (C=O) groups excluding carboxylic acids is 1. The molecule has 0 bridgehead atoms. The third kappa shape index (κ3) is 11.2. The molecule has 0 radical (unpaired) electrons. The number of nitrogens with one attached hydrogen (secondary N) is 1. The molecule has 0 saturated carbocycles. The summed E-state index contributed by atoms with van der Waals surface area (Å²) < 4.78 is 0. The molecule has 17 heavy (non-hydrogen) atoms. The summed E-state index contributed by atoms with van der Waals surface area (Å²) in [4.78, 5) is 21.8.